The van der Waals surface area contributed by atoms with Crippen molar-refractivity contribution in [3.8, 4) is 0 Å². The molecule has 0 N–H and O–H groups in total. The maximum absolute atomic E-state index is 11.2. The first-order chi connectivity index (χ1) is 7.65. The largest absolute Gasteiger partial charge is 0.468 e. The van der Waals surface area contributed by atoms with Crippen LogP contribution in [0.1, 0.15) is 19.1 Å². The number of furan rings is 1. The maximum Gasteiger partial charge on any atom is 0.319 e. The third-order valence-corrected chi connectivity index (χ3v) is 2.55. The second-order valence-corrected chi connectivity index (χ2v) is 4.27. The number of carbonyl (C=O) groups is 1. The number of carbonyl (C=O) groups excluding carboxylic acids is 1. The molecule has 1 aromatic rings. The van der Waals surface area contributed by atoms with Gasteiger partial charge in [0.05, 0.1) is 20.2 Å². The maximum atomic E-state index is 11.2. The van der Waals surface area contributed by atoms with Crippen LogP contribution in [0.5, 0.6) is 0 Å². The van der Waals surface area contributed by atoms with Crippen LogP contribution in [0.25, 0.3) is 0 Å². The van der Waals surface area contributed by atoms with Crippen molar-refractivity contribution < 1.29 is 13.9 Å². The molecule has 0 fully saturated rings. The lowest BCUT2D eigenvalue weighted by atomic mass is 10.3. The summed E-state index contributed by atoms with van der Waals surface area (Å²) in [7, 11) is 1.40. The molecule has 4 nitrogen and oxygen atoms in total. The van der Waals surface area contributed by atoms with Gasteiger partial charge in [-0.2, -0.15) is 0 Å². The SMILES string of the molecule is CCCN(CC(=O)OC)Cc1ccc(Br)o1. The topological polar surface area (TPSA) is 42.7 Å². The van der Waals surface area contributed by atoms with Crippen LogP contribution >= 0.6 is 15.9 Å². The summed E-state index contributed by atoms with van der Waals surface area (Å²) in [6, 6.07) is 3.74. The highest BCUT2D eigenvalue weighted by Crippen LogP contribution is 2.15. The van der Waals surface area contributed by atoms with E-state index >= 15 is 0 Å². The van der Waals surface area contributed by atoms with E-state index in [1.165, 1.54) is 7.11 Å². The molecule has 1 aromatic heterocycles. The fraction of sp³-hybridized carbons (Fsp3) is 0.545. The molecule has 0 aliphatic heterocycles. The van der Waals surface area contributed by atoms with Crippen LogP contribution in [0, 0.1) is 0 Å². The standard InChI is InChI=1S/C11H16BrNO3/c1-3-6-13(8-11(14)15-2)7-9-4-5-10(12)16-9/h4-5H,3,6-8H2,1-2H3. The molecule has 0 amide bonds. The summed E-state index contributed by atoms with van der Waals surface area (Å²) in [6.07, 6.45) is 0.985. The lowest BCUT2D eigenvalue weighted by Gasteiger charge is -2.18. The predicted molar refractivity (Wildman–Crippen MR) is 64.0 cm³/mol. The van der Waals surface area contributed by atoms with E-state index < -0.39 is 0 Å². The molecule has 0 bridgehead atoms. The van der Waals surface area contributed by atoms with E-state index in [4.69, 9.17) is 4.42 Å². The van der Waals surface area contributed by atoms with Gasteiger partial charge in [-0.05, 0) is 41.0 Å². The minimum atomic E-state index is -0.223. The monoisotopic (exact) mass is 289 g/mol. The van der Waals surface area contributed by atoms with Crippen molar-refractivity contribution in [2.45, 2.75) is 19.9 Å². The first-order valence-electron chi connectivity index (χ1n) is 5.19. The van der Waals surface area contributed by atoms with E-state index in [9.17, 15) is 4.79 Å². The van der Waals surface area contributed by atoms with Gasteiger partial charge in [0.15, 0.2) is 4.67 Å². The molecule has 0 radical (unpaired) electrons. The van der Waals surface area contributed by atoms with Crippen LogP contribution in [0.2, 0.25) is 0 Å². The zero-order chi connectivity index (χ0) is 12.0. The lowest BCUT2D eigenvalue weighted by Crippen LogP contribution is -2.30. The van der Waals surface area contributed by atoms with Crippen LogP contribution in [0.4, 0.5) is 0 Å². The average molecular weight is 290 g/mol. The molecule has 0 saturated heterocycles. The molecule has 0 aliphatic carbocycles. The molecule has 0 aliphatic rings. The van der Waals surface area contributed by atoms with Gasteiger partial charge in [0.1, 0.15) is 5.76 Å². The summed E-state index contributed by atoms with van der Waals surface area (Å²) in [5.74, 6) is 0.614. The number of halogens is 1. The van der Waals surface area contributed by atoms with Gasteiger partial charge in [0.25, 0.3) is 0 Å². The van der Waals surface area contributed by atoms with Crippen LogP contribution in [-0.4, -0.2) is 31.1 Å². The summed E-state index contributed by atoms with van der Waals surface area (Å²) in [6.45, 7) is 3.83. The first-order valence-corrected chi connectivity index (χ1v) is 5.98. The molecule has 0 unspecified atom stereocenters. The molecule has 1 heterocycles. The highest BCUT2D eigenvalue weighted by atomic mass is 79.9. The number of methoxy groups -OCH3 is 1. The van der Waals surface area contributed by atoms with E-state index in [0.29, 0.717) is 17.8 Å². The van der Waals surface area contributed by atoms with Crippen molar-refractivity contribution in [3.63, 3.8) is 0 Å². The molecule has 90 valence electrons. The van der Waals surface area contributed by atoms with Gasteiger partial charge < -0.3 is 9.15 Å². The Kier molecular flexibility index (Phi) is 5.55. The minimum absolute atomic E-state index is 0.223. The second kappa shape index (κ2) is 6.70. The second-order valence-electron chi connectivity index (χ2n) is 3.49. The van der Waals surface area contributed by atoms with Crippen molar-refractivity contribution >= 4 is 21.9 Å². The zero-order valence-electron chi connectivity index (χ0n) is 9.53. The summed E-state index contributed by atoms with van der Waals surface area (Å²) in [5, 5.41) is 0. The fourth-order valence-corrected chi connectivity index (χ4v) is 1.77. The van der Waals surface area contributed by atoms with Crippen molar-refractivity contribution in [1.82, 2.24) is 4.90 Å². The van der Waals surface area contributed by atoms with Gasteiger partial charge in [0, 0.05) is 0 Å². The van der Waals surface area contributed by atoms with Gasteiger partial charge >= 0.3 is 5.97 Å². The van der Waals surface area contributed by atoms with Crippen LogP contribution in [-0.2, 0) is 16.1 Å². The summed E-state index contributed by atoms with van der Waals surface area (Å²) in [4.78, 5) is 13.2. The first kappa shape index (κ1) is 13.3. The number of hydrogen-bond donors (Lipinski definition) is 0. The Morgan fingerprint density at radius 1 is 1.56 bits per heavy atom. The van der Waals surface area contributed by atoms with Gasteiger partial charge in [-0.3, -0.25) is 9.69 Å². The van der Waals surface area contributed by atoms with Crippen LogP contribution < -0.4 is 0 Å². The molecular weight excluding hydrogens is 274 g/mol. The van der Waals surface area contributed by atoms with E-state index in [2.05, 4.69) is 27.6 Å². The van der Waals surface area contributed by atoms with Crippen LogP contribution in [0.3, 0.4) is 0 Å². The number of esters is 1. The van der Waals surface area contributed by atoms with Crippen LogP contribution in [0.15, 0.2) is 21.2 Å². The highest BCUT2D eigenvalue weighted by Gasteiger charge is 2.12. The van der Waals surface area contributed by atoms with E-state index in [-0.39, 0.29) is 5.97 Å². The Morgan fingerprint density at radius 3 is 2.81 bits per heavy atom. The summed E-state index contributed by atoms with van der Waals surface area (Å²) in [5.41, 5.74) is 0. The molecule has 0 spiro atoms. The normalized spacial score (nSPS) is 10.8. The Bertz CT molecular complexity index is 338. The van der Waals surface area contributed by atoms with Gasteiger partial charge in [-0.25, -0.2) is 0 Å². The lowest BCUT2D eigenvalue weighted by molar-refractivity contribution is -0.142. The van der Waals surface area contributed by atoms with Gasteiger partial charge in [-0.1, -0.05) is 6.92 Å². The number of hydrogen-bond acceptors (Lipinski definition) is 4. The molecular formula is C11H16BrNO3. The molecule has 0 saturated carbocycles. The van der Waals surface area contributed by atoms with Crippen molar-refractivity contribution in [2.24, 2.45) is 0 Å². The molecule has 0 atom stereocenters. The Morgan fingerprint density at radius 2 is 2.31 bits per heavy atom. The molecule has 0 aromatic carbocycles. The average Bonchev–Trinajstić information content (AvgIpc) is 2.64. The van der Waals surface area contributed by atoms with E-state index in [0.717, 1.165) is 18.7 Å². The minimum Gasteiger partial charge on any atom is -0.468 e. The molecule has 5 heteroatoms. The summed E-state index contributed by atoms with van der Waals surface area (Å²) < 4.78 is 10.8. The van der Waals surface area contributed by atoms with E-state index in [1.54, 1.807) is 0 Å². The van der Waals surface area contributed by atoms with Crippen molar-refractivity contribution in [3.05, 3.63) is 22.6 Å². The van der Waals surface area contributed by atoms with Crippen molar-refractivity contribution in [2.75, 3.05) is 20.2 Å². The Labute approximate surface area is 104 Å². The Balaban J connectivity index is 2.53. The number of rotatable bonds is 6. The fourth-order valence-electron chi connectivity index (χ4n) is 1.43. The van der Waals surface area contributed by atoms with Crippen molar-refractivity contribution in [1.29, 1.82) is 0 Å². The summed E-state index contributed by atoms with van der Waals surface area (Å²) >= 11 is 3.25. The third-order valence-electron chi connectivity index (χ3n) is 2.13. The number of nitrogens with zero attached hydrogens (tertiary/aromatic N) is 1. The van der Waals surface area contributed by atoms with Gasteiger partial charge in [0.2, 0.25) is 0 Å². The molecule has 16 heavy (non-hydrogen) atoms. The Hall–Kier alpha value is -0.810. The highest BCUT2D eigenvalue weighted by molar-refractivity contribution is 9.10. The quantitative estimate of drug-likeness (QED) is 0.755. The van der Waals surface area contributed by atoms with Gasteiger partial charge in [-0.15, -0.1) is 0 Å². The molecule has 1 rings (SSSR count). The predicted octanol–water partition coefficient (Wildman–Crippen LogP) is 2.43. The number of ether oxygens (including phenoxy) is 1. The zero-order valence-corrected chi connectivity index (χ0v) is 11.1. The third kappa shape index (κ3) is 4.37. The smallest absolute Gasteiger partial charge is 0.319 e. The van der Waals surface area contributed by atoms with E-state index in [1.807, 2.05) is 17.0 Å².